The van der Waals surface area contributed by atoms with Crippen molar-refractivity contribution in [2.75, 3.05) is 0 Å². The summed E-state index contributed by atoms with van der Waals surface area (Å²) in [6, 6.07) is 23.4. The lowest BCUT2D eigenvalue weighted by Crippen LogP contribution is -2.25. The van der Waals surface area contributed by atoms with Crippen molar-refractivity contribution in [1.29, 1.82) is 0 Å². The average molecular weight is 467 g/mol. The first-order valence-electron chi connectivity index (χ1n) is 11.7. The van der Waals surface area contributed by atoms with Gasteiger partial charge in [-0.1, -0.05) is 48.5 Å². The topological polar surface area (TPSA) is 97.1 Å². The van der Waals surface area contributed by atoms with Gasteiger partial charge in [-0.3, -0.25) is 9.59 Å². The Bertz CT molecular complexity index is 1340. The Balaban J connectivity index is 1.23. The highest BCUT2D eigenvalue weighted by atomic mass is 16.4. The molecule has 3 aromatic carbocycles. The van der Waals surface area contributed by atoms with E-state index in [9.17, 15) is 9.59 Å². The fourth-order valence-corrected chi connectivity index (χ4v) is 3.82. The van der Waals surface area contributed by atoms with E-state index in [1.165, 1.54) is 0 Å². The number of carbonyl (C=O) groups excluding carboxylic acids is 2. The Kier molecular flexibility index (Phi) is 6.39. The molecule has 0 unspecified atom stereocenters. The zero-order valence-electron chi connectivity index (χ0n) is 19.5. The van der Waals surface area contributed by atoms with E-state index in [2.05, 4.69) is 20.8 Å². The third kappa shape index (κ3) is 5.63. The molecule has 176 valence electrons. The van der Waals surface area contributed by atoms with Gasteiger partial charge in [0.25, 0.3) is 5.91 Å². The second-order valence-corrected chi connectivity index (χ2v) is 8.79. The molecule has 1 heterocycles. The minimum Gasteiger partial charge on any atom is -0.419 e. The van der Waals surface area contributed by atoms with Crippen LogP contribution in [0.25, 0.3) is 22.6 Å². The highest BCUT2D eigenvalue weighted by Gasteiger charge is 2.24. The van der Waals surface area contributed by atoms with Gasteiger partial charge < -0.3 is 15.1 Å². The summed E-state index contributed by atoms with van der Waals surface area (Å²) >= 11 is 0. The molecule has 0 radical (unpaired) electrons. The average Bonchev–Trinajstić information content (AvgIpc) is 3.56. The van der Waals surface area contributed by atoms with Crippen LogP contribution in [0.3, 0.4) is 0 Å². The van der Waals surface area contributed by atoms with Crippen LogP contribution in [-0.4, -0.2) is 28.1 Å². The van der Waals surface area contributed by atoms with Gasteiger partial charge in [0.2, 0.25) is 17.7 Å². The molecule has 1 fully saturated rings. The molecule has 1 aromatic heterocycles. The van der Waals surface area contributed by atoms with Crippen molar-refractivity contribution in [1.82, 2.24) is 20.8 Å². The van der Waals surface area contributed by atoms with E-state index in [0.29, 0.717) is 29.8 Å². The number of carbonyl (C=O) groups is 2. The van der Waals surface area contributed by atoms with Crippen LogP contribution in [0, 0.1) is 6.92 Å². The van der Waals surface area contributed by atoms with Crippen LogP contribution in [0.2, 0.25) is 0 Å². The molecule has 1 aliphatic carbocycles. The van der Waals surface area contributed by atoms with Crippen LogP contribution in [0.5, 0.6) is 0 Å². The van der Waals surface area contributed by atoms with Crippen molar-refractivity contribution < 1.29 is 14.0 Å². The maximum Gasteiger partial charge on any atom is 0.251 e. The molecule has 1 aliphatic rings. The summed E-state index contributed by atoms with van der Waals surface area (Å²) in [5, 5.41) is 14.0. The SMILES string of the molecule is Cc1ccc(C(=O)NC2CC2)cc1-c1ccc(-c2nnc(CNC(=O)Cc3ccccc3)o2)cc1. The van der Waals surface area contributed by atoms with Gasteiger partial charge in [0, 0.05) is 17.2 Å². The molecule has 4 aromatic rings. The fourth-order valence-electron chi connectivity index (χ4n) is 3.82. The van der Waals surface area contributed by atoms with Crippen molar-refractivity contribution >= 4 is 11.8 Å². The van der Waals surface area contributed by atoms with Gasteiger partial charge in [0.05, 0.1) is 13.0 Å². The summed E-state index contributed by atoms with van der Waals surface area (Å²) in [6.07, 6.45) is 2.42. The Morgan fingerprint density at radius 2 is 1.69 bits per heavy atom. The summed E-state index contributed by atoms with van der Waals surface area (Å²) in [4.78, 5) is 24.6. The molecule has 0 bridgehead atoms. The van der Waals surface area contributed by atoms with Gasteiger partial charge in [-0.15, -0.1) is 10.2 Å². The van der Waals surface area contributed by atoms with Crippen molar-refractivity contribution in [3.05, 3.63) is 95.4 Å². The Morgan fingerprint density at radius 3 is 2.43 bits per heavy atom. The van der Waals surface area contributed by atoms with Crippen LogP contribution >= 0.6 is 0 Å². The van der Waals surface area contributed by atoms with Crippen LogP contribution in [0.1, 0.15) is 40.2 Å². The number of hydrogen-bond acceptors (Lipinski definition) is 5. The quantitative estimate of drug-likeness (QED) is 0.400. The molecule has 2 N–H and O–H groups in total. The van der Waals surface area contributed by atoms with Crippen molar-refractivity contribution in [3.63, 3.8) is 0 Å². The summed E-state index contributed by atoms with van der Waals surface area (Å²) < 4.78 is 5.74. The Morgan fingerprint density at radius 1 is 0.943 bits per heavy atom. The molecule has 0 saturated heterocycles. The molecular weight excluding hydrogens is 440 g/mol. The molecule has 5 rings (SSSR count). The second kappa shape index (κ2) is 9.93. The fraction of sp³-hybridized carbons (Fsp3) is 0.214. The normalized spacial score (nSPS) is 12.8. The van der Waals surface area contributed by atoms with Gasteiger partial charge >= 0.3 is 0 Å². The highest BCUT2D eigenvalue weighted by molar-refractivity contribution is 5.96. The van der Waals surface area contributed by atoms with E-state index in [1.807, 2.05) is 79.7 Å². The summed E-state index contributed by atoms with van der Waals surface area (Å²) in [5.41, 5.74) is 5.49. The van der Waals surface area contributed by atoms with Crippen molar-refractivity contribution in [2.24, 2.45) is 0 Å². The number of aromatic nitrogens is 2. The van der Waals surface area contributed by atoms with E-state index in [1.54, 1.807) is 0 Å². The highest BCUT2D eigenvalue weighted by Crippen LogP contribution is 2.28. The predicted octanol–water partition coefficient (Wildman–Crippen LogP) is 4.46. The lowest BCUT2D eigenvalue weighted by molar-refractivity contribution is -0.120. The van der Waals surface area contributed by atoms with E-state index in [-0.39, 0.29) is 18.4 Å². The third-order valence-electron chi connectivity index (χ3n) is 5.97. The maximum absolute atomic E-state index is 12.5. The monoisotopic (exact) mass is 466 g/mol. The van der Waals surface area contributed by atoms with Gasteiger partial charge in [0.1, 0.15) is 0 Å². The summed E-state index contributed by atoms with van der Waals surface area (Å²) in [7, 11) is 0. The minimum atomic E-state index is -0.108. The number of benzene rings is 3. The van der Waals surface area contributed by atoms with Gasteiger partial charge in [-0.05, 0) is 66.3 Å². The first-order valence-corrected chi connectivity index (χ1v) is 11.7. The standard InChI is InChI=1S/C28H26N4O3/c1-18-7-8-22(27(34)30-23-13-14-23)16-24(18)20-9-11-21(12-10-20)28-32-31-26(35-28)17-29-25(33)15-19-5-3-2-4-6-19/h2-12,16,23H,13-15,17H2,1H3,(H,29,33)(H,30,34). The predicted molar refractivity (Wildman–Crippen MR) is 132 cm³/mol. The number of hydrogen-bond donors (Lipinski definition) is 2. The molecular formula is C28H26N4O3. The molecule has 7 heteroatoms. The Labute approximate surface area is 203 Å². The Hall–Kier alpha value is -4.26. The molecule has 0 aliphatic heterocycles. The molecule has 7 nitrogen and oxygen atoms in total. The molecule has 0 atom stereocenters. The van der Waals surface area contributed by atoms with Gasteiger partial charge in [-0.2, -0.15) is 0 Å². The zero-order chi connectivity index (χ0) is 24.2. The smallest absolute Gasteiger partial charge is 0.251 e. The molecule has 2 amide bonds. The van der Waals surface area contributed by atoms with E-state index in [0.717, 1.165) is 40.7 Å². The van der Waals surface area contributed by atoms with E-state index in [4.69, 9.17) is 4.42 Å². The van der Waals surface area contributed by atoms with Crippen LogP contribution in [-0.2, 0) is 17.8 Å². The number of rotatable bonds is 8. The number of nitrogens with zero attached hydrogens (tertiary/aromatic N) is 2. The lowest BCUT2D eigenvalue weighted by atomic mass is 9.97. The van der Waals surface area contributed by atoms with Crippen molar-refractivity contribution in [2.45, 2.75) is 38.8 Å². The second-order valence-electron chi connectivity index (χ2n) is 8.79. The summed E-state index contributed by atoms with van der Waals surface area (Å²) in [6.45, 7) is 2.20. The maximum atomic E-state index is 12.5. The molecule has 0 spiro atoms. The van der Waals surface area contributed by atoms with Gasteiger partial charge in [-0.25, -0.2) is 0 Å². The number of nitrogens with one attached hydrogen (secondary N) is 2. The van der Waals surface area contributed by atoms with Crippen LogP contribution in [0.15, 0.2) is 77.2 Å². The largest absolute Gasteiger partial charge is 0.419 e. The number of amides is 2. The lowest BCUT2D eigenvalue weighted by Gasteiger charge is -2.10. The van der Waals surface area contributed by atoms with Crippen LogP contribution < -0.4 is 10.6 Å². The van der Waals surface area contributed by atoms with Gasteiger partial charge in [0.15, 0.2) is 0 Å². The minimum absolute atomic E-state index is 0.0281. The molecule has 35 heavy (non-hydrogen) atoms. The molecule has 1 saturated carbocycles. The number of aryl methyl sites for hydroxylation is 1. The van der Waals surface area contributed by atoms with E-state index < -0.39 is 0 Å². The van der Waals surface area contributed by atoms with Crippen LogP contribution in [0.4, 0.5) is 0 Å². The zero-order valence-corrected chi connectivity index (χ0v) is 19.5. The first-order chi connectivity index (χ1) is 17.0. The van der Waals surface area contributed by atoms with E-state index >= 15 is 0 Å². The van der Waals surface area contributed by atoms with Crippen molar-refractivity contribution in [3.8, 4) is 22.6 Å². The third-order valence-corrected chi connectivity index (χ3v) is 5.97. The summed E-state index contributed by atoms with van der Waals surface area (Å²) in [5.74, 6) is 0.595. The first kappa shape index (κ1) is 22.5.